The molecule has 2 heterocycles. The van der Waals surface area contributed by atoms with Crippen molar-refractivity contribution in [3.63, 3.8) is 0 Å². The number of hydrogen-bond donors (Lipinski definition) is 1. The van der Waals surface area contributed by atoms with E-state index in [1.807, 2.05) is 42.2 Å². The Labute approximate surface area is 117 Å². The fourth-order valence-electron chi connectivity index (χ4n) is 2.42. The van der Waals surface area contributed by atoms with Gasteiger partial charge in [0.25, 0.3) is 5.91 Å². The molecule has 0 spiro atoms. The molecule has 5 nitrogen and oxygen atoms in total. The molecule has 0 aliphatic carbocycles. The number of amides is 1. The second kappa shape index (κ2) is 5.46. The lowest BCUT2D eigenvalue weighted by atomic mass is 10.1. The molecular weight excluding hydrogens is 254 g/mol. The van der Waals surface area contributed by atoms with Crippen molar-refractivity contribution in [3.8, 4) is 0 Å². The molecule has 0 saturated carbocycles. The smallest absolute Gasteiger partial charge is 0.254 e. The van der Waals surface area contributed by atoms with Gasteiger partial charge in [-0.2, -0.15) is 5.10 Å². The Morgan fingerprint density at radius 3 is 2.85 bits per heavy atom. The number of rotatable bonds is 2. The Balaban J connectivity index is 1.86. The van der Waals surface area contributed by atoms with Crippen molar-refractivity contribution in [2.45, 2.75) is 13.0 Å². The van der Waals surface area contributed by atoms with Gasteiger partial charge in [-0.1, -0.05) is 17.7 Å². The molecule has 1 fully saturated rings. The number of aromatic amines is 1. The van der Waals surface area contributed by atoms with Gasteiger partial charge >= 0.3 is 0 Å². The van der Waals surface area contributed by atoms with E-state index in [1.165, 1.54) is 0 Å². The molecule has 1 N–H and O–H groups in total. The summed E-state index contributed by atoms with van der Waals surface area (Å²) in [5.41, 5.74) is 2.76. The predicted octanol–water partition coefficient (Wildman–Crippen LogP) is 1.93. The van der Waals surface area contributed by atoms with Crippen LogP contribution in [0.15, 0.2) is 36.5 Å². The number of nitrogens with zero attached hydrogens (tertiary/aromatic N) is 2. The summed E-state index contributed by atoms with van der Waals surface area (Å²) in [6.07, 6.45) is 1.69. The van der Waals surface area contributed by atoms with Gasteiger partial charge in [0, 0.05) is 18.3 Å². The van der Waals surface area contributed by atoms with Crippen molar-refractivity contribution in [1.82, 2.24) is 15.1 Å². The van der Waals surface area contributed by atoms with Crippen molar-refractivity contribution in [2.24, 2.45) is 0 Å². The van der Waals surface area contributed by atoms with Crippen LogP contribution in [0.3, 0.4) is 0 Å². The summed E-state index contributed by atoms with van der Waals surface area (Å²) >= 11 is 0. The molecule has 0 bridgehead atoms. The molecule has 5 heteroatoms. The second-order valence-corrected chi connectivity index (χ2v) is 4.97. The molecule has 0 radical (unpaired) electrons. The summed E-state index contributed by atoms with van der Waals surface area (Å²) in [7, 11) is 0. The first-order valence-electron chi connectivity index (χ1n) is 6.70. The van der Waals surface area contributed by atoms with Crippen LogP contribution in [-0.2, 0) is 4.74 Å². The first-order chi connectivity index (χ1) is 9.75. The van der Waals surface area contributed by atoms with Crippen LogP contribution >= 0.6 is 0 Å². The number of benzene rings is 1. The average molecular weight is 271 g/mol. The Bertz CT molecular complexity index is 578. The molecule has 1 atom stereocenters. The number of ether oxygens (including phenoxy) is 1. The van der Waals surface area contributed by atoms with Crippen molar-refractivity contribution in [1.29, 1.82) is 0 Å². The standard InChI is InChI=1S/C15H17N3O2/c1-11-2-4-12(5-3-11)15(19)18-8-9-20-10-14(18)13-6-7-16-17-13/h2-7,14H,8-10H2,1H3,(H,16,17)/t14-/m1/s1. The van der Waals surface area contributed by atoms with Gasteiger partial charge in [0.1, 0.15) is 0 Å². The normalized spacial score (nSPS) is 19.1. The van der Waals surface area contributed by atoms with Crippen LogP contribution in [0.2, 0.25) is 0 Å². The quantitative estimate of drug-likeness (QED) is 0.908. The molecule has 104 valence electrons. The van der Waals surface area contributed by atoms with Crippen molar-refractivity contribution >= 4 is 5.91 Å². The van der Waals surface area contributed by atoms with E-state index in [4.69, 9.17) is 4.74 Å². The van der Waals surface area contributed by atoms with Crippen LogP contribution in [0.1, 0.15) is 27.7 Å². The number of H-pyrrole nitrogens is 1. The van der Waals surface area contributed by atoms with Gasteiger partial charge in [0.2, 0.25) is 0 Å². The Morgan fingerprint density at radius 2 is 2.15 bits per heavy atom. The molecule has 1 aliphatic heterocycles. The molecule has 2 aromatic rings. The van der Waals surface area contributed by atoms with E-state index >= 15 is 0 Å². The molecule has 1 amide bonds. The van der Waals surface area contributed by atoms with Crippen LogP contribution in [0.4, 0.5) is 0 Å². The highest BCUT2D eigenvalue weighted by Gasteiger charge is 2.30. The molecule has 1 aromatic carbocycles. The maximum Gasteiger partial charge on any atom is 0.254 e. The minimum atomic E-state index is -0.0972. The van der Waals surface area contributed by atoms with E-state index in [2.05, 4.69) is 10.2 Å². The minimum absolute atomic E-state index is 0.0351. The lowest BCUT2D eigenvalue weighted by Gasteiger charge is -2.35. The molecule has 1 saturated heterocycles. The minimum Gasteiger partial charge on any atom is -0.377 e. The number of nitrogens with one attached hydrogen (secondary N) is 1. The van der Waals surface area contributed by atoms with Crippen LogP contribution in [0, 0.1) is 6.92 Å². The van der Waals surface area contributed by atoms with E-state index in [1.54, 1.807) is 6.20 Å². The summed E-state index contributed by atoms with van der Waals surface area (Å²) in [6.45, 7) is 3.68. The molecule has 0 unspecified atom stereocenters. The van der Waals surface area contributed by atoms with Crippen LogP contribution in [0.25, 0.3) is 0 Å². The van der Waals surface area contributed by atoms with Gasteiger partial charge in [0.15, 0.2) is 0 Å². The third kappa shape index (κ3) is 2.44. The SMILES string of the molecule is Cc1ccc(C(=O)N2CCOC[C@@H]2c2ccn[nH]2)cc1. The maximum absolute atomic E-state index is 12.7. The summed E-state index contributed by atoms with van der Waals surface area (Å²) in [6, 6.07) is 9.45. The Kier molecular flexibility index (Phi) is 3.52. The molecule has 1 aromatic heterocycles. The first kappa shape index (κ1) is 12.9. The Morgan fingerprint density at radius 1 is 1.35 bits per heavy atom. The van der Waals surface area contributed by atoms with Crippen molar-refractivity contribution in [3.05, 3.63) is 53.3 Å². The zero-order valence-electron chi connectivity index (χ0n) is 11.4. The maximum atomic E-state index is 12.7. The number of carbonyl (C=O) groups excluding carboxylic acids is 1. The monoisotopic (exact) mass is 271 g/mol. The first-order valence-corrected chi connectivity index (χ1v) is 6.70. The number of aromatic nitrogens is 2. The Hall–Kier alpha value is -2.14. The van der Waals surface area contributed by atoms with Crippen molar-refractivity contribution in [2.75, 3.05) is 19.8 Å². The van der Waals surface area contributed by atoms with Crippen LogP contribution in [0.5, 0.6) is 0 Å². The van der Waals surface area contributed by atoms with Gasteiger partial charge in [0.05, 0.1) is 24.9 Å². The predicted molar refractivity (Wildman–Crippen MR) is 74.4 cm³/mol. The van der Waals surface area contributed by atoms with E-state index in [0.717, 1.165) is 11.3 Å². The highest BCUT2D eigenvalue weighted by molar-refractivity contribution is 5.94. The highest BCUT2D eigenvalue weighted by atomic mass is 16.5. The molecular formula is C15H17N3O2. The number of morpholine rings is 1. The summed E-state index contributed by atoms with van der Waals surface area (Å²) < 4.78 is 5.50. The second-order valence-electron chi connectivity index (χ2n) is 4.97. The third-order valence-electron chi connectivity index (χ3n) is 3.57. The highest BCUT2D eigenvalue weighted by Crippen LogP contribution is 2.24. The lowest BCUT2D eigenvalue weighted by molar-refractivity contribution is -0.00391. The van der Waals surface area contributed by atoms with Gasteiger partial charge < -0.3 is 9.64 Å². The van der Waals surface area contributed by atoms with Crippen LogP contribution in [-0.4, -0.2) is 40.8 Å². The number of carbonyl (C=O) groups is 1. The summed E-state index contributed by atoms with van der Waals surface area (Å²) in [4.78, 5) is 14.5. The lowest BCUT2D eigenvalue weighted by Crippen LogP contribution is -2.43. The largest absolute Gasteiger partial charge is 0.377 e. The van der Waals surface area contributed by atoms with E-state index in [9.17, 15) is 4.79 Å². The molecule has 3 rings (SSSR count). The fraction of sp³-hybridized carbons (Fsp3) is 0.333. The van der Waals surface area contributed by atoms with Gasteiger partial charge in [-0.15, -0.1) is 0 Å². The number of hydrogen-bond acceptors (Lipinski definition) is 3. The van der Waals surface area contributed by atoms with Crippen LogP contribution < -0.4 is 0 Å². The van der Waals surface area contributed by atoms with Crippen molar-refractivity contribution < 1.29 is 9.53 Å². The third-order valence-corrected chi connectivity index (χ3v) is 3.57. The zero-order valence-corrected chi connectivity index (χ0v) is 11.4. The van der Waals surface area contributed by atoms with E-state index < -0.39 is 0 Å². The van der Waals surface area contributed by atoms with E-state index in [-0.39, 0.29) is 11.9 Å². The molecule has 20 heavy (non-hydrogen) atoms. The number of aryl methyl sites for hydroxylation is 1. The van der Waals surface area contributed by atoms with Gasteiger partial charge in [-0.25, -0.2) is 0 Å². The topological polar surface area (TPSA) is 58.2 Å². The summed E-state index contributed by atoms with van der Waals surface area (Å²) in [5, 5.41) is 6.89. The fourth-order valence-corrected chi connectivity index (χ4v) is 2.42. The van der Waals surface area contributed by atoms with Gasteiger partial charge in [-0.05, 0) is 25.1 Å². The summed E-state index contributed by atoms with van der Waals surface area (Å²) in [5.74, 6) is 0.0351. The van der Waals surface area contributed by atoms with Gasteiger partial charge in [-0.3, -0.25) is 9.89 Å². The average Bonchev–Trinajstić information content (AvgIpc) is 3.01. The molecule has 1 aliphatic rings. The zero-order chi connectivity index (χ0) is 13.9. The van der Waals surface area contributed by atoms with E-state index in [0.29, 0.717) is 25.3 Å².